The summed E-state index contributed by atoms with van der Waals surface area (Å²) in [7, 11) is 0. The van der Waals surface area contributed by atoms with Crippen LogP contribution in [0.25, 0.3) is 0 Å². The normalized spacial score (nSPS) is 12.5. The fourth-order valence-corrected chi connectivity index (χ4v) is 2.76. The molecule has 0 saturated heterocycles. The molecular formula is C21H29N. The van der Waals surface area contributed by atoms with E-state index in [-0.39, 0.29) is 0 Å². The van der Waals surface area contributed by atoms with Crippen molar-refractivity contribution in [3.8, 4) is 0 Å². The van der Waals surface area contributed by atoms with Crippen molar-refractivity contribution in [3.63, 3.8) is 0 Å². The molecule has 0 aliphatic heterocycles. The fourth-order valence-electron chi connectivity index (χ4n) is 2.76. The minimum absolute atomic E-state index is 0.843. The Balaban J connectivity index is 1.94. The van der Waals surface area contributed by atoms with Gasteiger partial charge in [0.25, 0.3) is 0 Å². The van der Waals surface area contributed by atoms with Crippen LogP contribution in [0, 0.1) is 5.92 Å². The molecule has 0 aliphatic carbocycles. The Hall–Kier alpha value is -1.60. The minimum Gasteiger partial charge on any atom is -0.295 e. The number of benzene rings is 2. The lowest BCUT2D eigenvalue weighted by Crippen LogP contribution is -2.24. The Morgan fingerprint density at radius 3 is 1.77 bits per heavy atom. The van der Waals surface area contributed by atoms with Gasteiger partial charge in [0.1, 0.15) is 0 Å². The summed E-state index contributed by atoms with van der Waals surface area (Å²) in [5, 5.41) is 0. The monoisotopic (exact) mass is 295 g/mol. The van der Waals surface area contributed by atoms with Crippen LogP contribution in [-0.2, 0) is 13.1 Å². The smallest absolute Gasteiger partial charge is 0.0237 e. The molecule has 0 N–H and O–H groups in total. The molecule has 0 unspecified atom stereocenters. The zero-order valence-corrected chi connectivity index (χ0v) is 14.0. The van der Waals surface area contributed by atoms with E-state index < -0.39 is 0 Å². The van der Waals surface area contributed by atoms with Gasteiger partial charge in [0.15, 0.2) is 0 Å². The third-order valence-corrected chi connectivity index (χ3v) is 4.37. The van der Waals surface area contributed by atoms with Crippen molar-refractivity contribution in [2.24, 2.45) is 5.92 Å². The largest absolute Gasteiger partial charge is 0.295 e. The summed E-state index contributed by atoms with van der Waals surface area (Å²) in [5.74, 6) is 0.843. The predicted molar refractivity (Wildman–Crippen MR) is 95.7 cm³/mol. The molecule has 2 rings (SSSR count). The van der Waals surface area contributed by atoms with Gasteiger partial charge < -0.3 is 0 Å². The molecule has 0 fully saturated rings. The van der Waals surface area contributed by atoms with Gasteiger partial charge in [-0.3, -0.25) is 4.90 Å². The SMILES string of the molecule is CC[C@H](C)CCCN(Cc1ccccc1)Cc1ccccc1. The molecule has 2 aromatic rings. The highest BCUT2D eigenvalue weighted by Gasteiger charge is 2.08. The van der Waals surface area contributed by atoms with Crippen LogP contribution in [0.5, 0.6) is 0 Å². The van der Waals surface area contributed by atoms with E-state index in [0.717, 1.165) is 19.0 Å². The standard InChI is InChI=1S/C21H29N/c1-3-19(2)11-10-16-22(17-20-12-6-4-7-13-20)18-21-14-8-5-9-15-21/h4-9,12-15,19H,3,10-11,16-18H2,1-2H3/t19-/m0/s1. The van der Waals surface area contributed by atoms with E-state index in [0.29, 0.717) is 0 Å². The van der Waals surface area contributed by atoms with Crippen molar-refractivity contribution >= 4 is 0 Å². The summed E-state index contributed by atoms with van der Waals surface area (Å²) in [5.41, 5.74) is 2.81. The highest BCUT2D eigenvalue weighted by Crippen LogP contribution is 2.14. The molecule has 0 bridgehead atoms. The first kappa shape index (κ1) is 16.8. The lowest BCUT2D eigenvalue weighted by Gasteiger charge is -2.23. The molecule has 2 aromatic carbocycles. The number of nitrogens with zero attached hydrogens (tertiary/aromatic N) is 1. The first-order valence-corrected chi connectivity index (χ1v) is 8.58. The van der Waals surface area contributed by atoms with Crippen LogP contribution in [0.1, 0.15) is 44.2 Å². The van der Waals surface area contributed by atoms with Gasteiger partial charge >= 0.3 is 0 Å². The van der Waals surface area contributed by atoms with Crippen molar-refractivity contribution in [2.45, 2.75) is 46.2 Å². The molecule has 22 heavy (non-hydrogen) atoms. The Bertz CT molecular complexity index is 464. The van der Waals surface area contributed by atoms with E-state index in [1.54, 1.807) is 0 Å². The molecule has 0 aromatic heterocycles. The van der Waals surface area contributed by atoms with Crippen molar-refractivity contribution in [1.29, 1.82) is 0 Å². The zero-order chi connectivity index (χ0) is 15.6. The lowest BCUT2D eigenvalue weighted by molar-refractivity contribution is 0.245. The van der Waals surface area contributed by atoms with Crippen molar-refractivity contribution in [3.05, 3.63) is 71.8 Å². The second-order valence-corrected chi connectivity index (χ2v) is 6.34. The van der Waals surface area contributed by atoms with Crippen LogP contribution in [0.15, 0.2) is 60.7 Å². The summed E-state index contributed by atoms with van der Waals surface area (Å²) in [6, 6.07) is 21.6. The second-order valence-electron chi connectivity index (χ2n) is 6.34. The Labute approximate surface area is 136 Å². The molecule has 0 amide bonds. The highest BCUT2D eigenvalue weighted by molar-refractivity contribution is 5.17. The van der Waals surface area contributed by atoms with Crippen LogP contribution in [0.4, 0.5) is 0 Å². The maximum Gasteiger partial charge on any atom is 0.0237 e. The Morgan fingerprint density at radius 2 is 1.32 bits per heavy atom. The summed E-state index contributed by atoms with van der Waals surface area (Å²) >= 11 is 0. The van der Waals surface area contributed by atoms with Crippen molar-refractivity contribution in [2.75, 3.05) is 6.54 Å². The first-order chi connectivity index (χ1) is 10.8. The average molecular weight is 295 g/mol. The van der Waals surface area contributed by atoms with Crippen LogP contribution in [0.2, 0.25) is 0 Å². The van der Waals surface area contributed by atoms with Gasteiger partial charge in [-0.25, -0.2) is 0 Å². The topological polar surface area (TPSA) is 3.24 Å². The molecule has 0 heterocycles. The summed E-state index contributed by atoms with van der Waals surface area (Å²) in [6.07, 6.45) is 3.91. The van der Waals surface area contributed by atoms with E-state index in [4.69, 9.17) is 0 Å². The van der Waals surface area contributed by atoms with Crippen LogP contribution in [-0.4, -0.2) is 11.4 Å². The van der Waals surface area contributed by atoms with E-state index in [1.165, 1.54) is 36.9 Å². The summed E-state index contributed by atoms with van der Waals surface area (Å²) < 4.78 is 0. The summed E-state index contributed by atoms with van der Waals surface area (Å²) in [4.78, 5) is 2.58. The van der Waals surface area contributed by atoms with Gasteiger partial charge in [0.05, 0.1) is 0 Å². The van der Waals surface area contributed by atoms with Gasteiger partial charge in [-0.1, -0.05) is 80.9 Å². The maximum atomic E-state index is 2.58. The minimum atomic E-state index is 0.843. The molecule has 0 saturated carbocycles. The predicted octanol–water partition coefficient (Wildman–Crippen LogP) is 5.52. The molecule has 118 valence electrons. The van der Waals surface area contributed by atoms with Crippen molar-refractivity contribution in [1.82, 2.24) is 4.90 Å². The van der Waals surface area contributed by atoms with Gasteiger partial charge in [-0.05, 0) is 36.4 Å². The van der Waals surface area contributed by atoms with Crippen LogP contribution in [0.3, 0.4) is 0 Å². The second kappa shape index (κ2) is 9.42. The Kier molecular flexibility index (Phi) is 7.18. The average Bonchev–Trinajstić information content (AvgIpc) is 2.56. The molecule has 0 radical (unpaired) electrons. The summed E-state index contributed by atoms with van der Waals surface area (Å²) in [6.45, 7) is 7.90. The van der Waals surface area contributed by atoms with E-state index in [9.17, 15) is 0 Å². The van der Waals surface area contributed by atoms with Gasteiger partial charge in [0.2, 0.25) is 0 Å². The molecular weight excluding hydrogens is 266 g/mol. The quantitative estimate of drug-likeness (QED) is 0.589. The lowest BCUT2D eigenvalue weighted by atomic mass is 10.0. The van der Waals surface area contributed by atoms with Gasteiger partial charge in [-0.15, -0.1) is 0 Å². The number of hydrogen-bond donors (Lipinski definition) is 0. The number of rotatable bonds is 9. The molecule has 0 spiro atoms. The molecule has 0 aliphatic rings. The number of hydrogen-bond acceptors (Lipinski definition) is 1. The van der Waals surface area contributed by atoms with Crippen LogP contribution >= 0.6 is 0 Å². The van der Waals surface area contributed by atoms with E-state index >= 15 is 0 Å². The van der Waals surface area contributed by atoms with Crippen molar-refractivity contribution < 1.29 is 0 Å². The molecule has 1 heteroatoms. The fraction of sp³-hybridized carbons (Fsp3) is 0.429. The molecule has 1 atom stereocenters. The van der Waals surface area contributed by atoms with E-state index in [1.807, 2.05) is 0 Å². The highest BCUT2D eigenvalue weighted by atomic mass is 15.1. The third-order valence-electron chi connectivity index (χ3n) is 4.37. The van der Waals surface area contributed by atoms with Gasteiger partial charge in [0, 0.05) is 13.1 Å². The third kappa shape index (κ3) is 6.03. The zero-order valence-electron chi connectivity index (χ0n) is 14.0. The Morgan fingerprint density at radius 1 is 0.818 bits per heavy atom. The van der Waals surface area contributed by atoms with Gasteiger partial charge in [-0.2, -0.15) is 0 Å². The molecule has 1 nitrogen and oxygen atoms in total. The van der Waals surface area contributed by atoms with Crippen LogP contribution < -0.4 is 0 Å². The first-order valence-electron chi connectivity index (χ1n) is 8.58. The van der Waals surface area contributed by atoms with E-state index in [2.05, 4.69) is 79.4 Å². The maximum absolute atomic E-state index is 2.58.